The van der Waals surface area contributed by atoms with Crippen LogP contribution < -0.4 is 5.32 Å². The van der Waals surface area contributed by atoms with Crippen molar-refractivity contribution in [2.45, 2.75) is 51.8 Å². The number of rotatable bonds is 9. The minimum absolute atomic E-state index is 0.0148. The molecule has 28 heavy (non-hydrogen) atoms. The smallest absolute Gasteiger partial charge is 0.416 e. The first kappa shape index (κ1) is 23.7. The molecular formula is C19H27F3N2O4. The van der Waals surface area contributed by atoms with Crippen LogP contribution in [0.2, 0.25) is 0 Å². The summed E-state index contributed by atoms with van der Waals surface area (Å²) in [5.41, 5.74) is -0.370. The Kier molecular flexibility index (Phi) is 9.24. The number of ether oxygens (including phenoxy) is 1. The van der Waals surface area contributed by atoms with Crippen LogP contribution in [0.1, 0.15) is 51.2 Å². The molecule has 0 aromatic heterocycles. The molecule has 1 amide bonds. The van der Waals surface area contributed by atoms with Crippen LogP contribution in [0.4, 0.5) is 18.0 Å². The Morgan fingerprint density at radius 1 is 1.14 bits per heavy atom. The van der Waals surface area contributed by atoms with Crippen molar-refractivity contribution in [3.05, 3.63) is 35.4 Å². The van der Waals surface area contributed by atoms with Gasteiger partial charge in [0.15, 0.2) is 0 Å². The number of alkyl carbamates (subject to hydrolysis) is 1. The lowest BCUT2D eigenvalue weighted by molar-refractivity contribution is -0.137. The van der Waals surface area contributed by atoms with Crippen molar-refractivity contribution < 1.29 is 32.6 Å². The molecule has 0 radical (unpaired) electrons. The number of amides is 1. The maximum Gasteiger partial charge on any atom is 0.416 e. The van der Waals surface area contributed by atoms with Gasteiger partial charge < -0.3 is 20.0 Å². The Morgan fingerprint density at radius 3 is 2.32 bits per heavy atom. The number of halogens is 3. The topological polar surface area (TPSA) is 80.2 Å². The summed E-state index contributed by atoms with van der Waals surface area (Å²) in [6, 6.07) is 4.65. The van der Waals surface area contributed by atoms with E-state index in [9.17, 15) is 18.0 Å². The molecule has 0 fully saturated rings. The number of alkyl halides is 3. The average Bonchev–Trinajstić information content (AvgIpc) is 2.58. The summed E-state index contributed by atoms with van der Waals surface area (Å²) in [7, 11) is 0. The number of aliphatic hydroxyl groups excluding tert-OH is 1. The van der Waals surface area contributed by atoms with Gasteiger partial charge in [-0.3, -0.25) is 0 Å². The molecule has 0 atom stereocenters. The summed E-state index contributed by atoms with van der Waals surface area (Å²) < 4.78 is 43.2. The number of nitrogens with one attached hydrogen (secondary N) is 1. The van der Waals surface area contributed by atoms with Crippen molar-refractivity contribution >= 4 is 11.8 Å². The van der Waals surface area contributed by atoms with E-state index in [1.165, 1.54) is 12.1 Å². The fourth-order valence-electron chi connectivity index (χ4n) is 2.14. The molecule has 0 aliphatic carbocycles. The minimum Gasteiger partial charge on any atom is -0.444 e. The van der Waals surface area contributed by atoms with Crippen LogP contribution in [-0.4, -0.2) is 42.3 Å². The number of oxime groups is 1. The van der Waals surface area contributed by atoms with Gasteiger partial charge in [-0.25, -0.2) is 4.79 Å². The number of benzene rings is 1. The lowest BCUT2D eigenvalue weighted by Gasteiger charge is -2.19. The van der Waals surface area contributed by atoms with Gasteiger partial charge in [-0.05, 0) is 57.7 Å². The molecule has 0 aliphatic heterocycles. The highest BCUT2D eigenvalue weighted by molar-refractivity contribution is 6.00. The fraction of sp³-hybridized carbons (Fsp3) is 0.579. The summed E-state index contributed by atoms with van der Waals surface area (Å²) in [6.07, 6.45) is -3.40. The highest BCUT2D eigenvalue weighted by atomic mass is 19.4. The van der Waals surface area contributed by atoms with Gasteiger partial charge in [0.2, 0.25) is 0 Å². The number of hydrogen-bond acceptors (Lipinski definition) is 5. The molecule has 0 saturated heterocycles. The standard InChI is InChI=1S/C19H27F3N2O4/c1-18(2,3)28-17(26)23-11-13-27-24-16(6-4-5-12-25)14-7-9-15(10-8-14)19(20,21)22/h7-10,25H,4-6,11-13H2,1-3H3,(H,23,26)/b24-16-. The van der Waals surface area contributed by atoms with Crippen LogP contribution >= 0.6 is 0 Å². The molecule has 6 nitrogen and oxygen atoms in total. The molecule has 1 rings (SSSR count). The van der Waals surface area contributed by atoms with Crippen LogP contribution in [0, 0.1) is 0 Å². The highest BCUT2D eigenvalue weighted by Crippen LogP contribution is 2.29. The number of carbonyl (C=O) groups excluding carboxylic acids is 1. The molecule has 9 heteroatoms. The van der Waals surface area contributed by atoms with Crippen molar-refractivity contribution in [1.82, 2.24) is 5.32 Å². The third-order valence-electron chi connectivity index (χ3n) is 3.40. The molecule has 0 heterocycles. The van der Waals surface area contributed by atoms with Gasteiger partial charge in [0.25, 0.3) is 0 Å². The lowest BCUT2D eigenvalue weighted by Crippen LogP contribution is -2.34. The molecule has 0 aliphatic rings. The van der Waals surface area contributed by atoms with Gasteiger partial charge in [-0.15, -0.1) is 0 Å². The summed E-state index contributed by atoms with van der Waals surface area (Å²) in [5.74, 6) is 0. The predicted octanol–water partition coefficient (Wildman–Crippen LogP) is 4.11. The molecule has 1 aromatic carbocycles. The van der Waals surface area contributed by atoms with E-state index >= 15 is 0 Å². The summed E-state index contributed by atoms with van der Waals surface area (Å²) in [5, 5.41) is 15.4. The first-order chi connectivity index (χ1) is 13.0. The van der Waals surface area contributed by atoms with Gasteiger partial charge in [0, 0.05) is 6.61 Å². The zero-order chi connectivity index (χ0) is 21.2. The maximum absolute atomic E-state index is 12.7. The second kappa shape index (κ2) is 10.9. The Hall–Kier alpha value is -2.29. The molecular weight excluding hydrogens is 377 g/mol. The second-order valence-corrected chi connectivity index (χ2v) is 7.06. The van der Waals surface area contributed by atoms with E-state index in [0.717, 1.165) is 12.1 Å². The lowest BCUT2D eigenvalue weighted by atomic mass is 10.0. The Balaban J connectivity index is 2.64. The second-order valence-electron chi connectivity index (χ2n) is 7.06. The molecule has 0 spiro atoms. The number of unbranched alkanes of at least 4 members (excludes halogenated alkanes) is 1. The normalized spacial score (nSPS) is 12.6. The van der Waals surface area contributed by atoms with E-state index < -0.39 is 23.4 Å². The largest absolute Gasteiger partial charge is 0.444 e. The Morgan fingerprint density at radius 2 is 1.79 bits per heavy atom. The number of hydrogen-bond donors (Lipinski definition) is 2. The molecule has 1 aromatic rings. The molecule has 0 saturated carbocycles. The minimum atomic E-state index is -4.41. The molecule has 0 bridgehead atoms. The van der Waals surface area contributed by atoms with E-state index in [1.807, 2.05) is 0 Å². The maximum atomic E-state index is 12.7. The first-order valence-electron chi connectivity index (χ1n) is 8.97. The molecule has 158 valence electrons. The van der Waals surface area contributed by atoms with Gasteiger partial charge >= 0.3 is 12.3 Å². The van der Waals surface area contributed by atoms with Crippen molar-refractivity contribution in [3.63, 3.8) is 0 Å². The molecule has 0 unspecified atom stereocenters. The average molecular weight is 404 g/mol. The van der Waals surface area contributed by atoms with Crippen LogP contribution in [0.15, 0.2) is 29.4 Å². The van der Waals surface area contributed by atoms with E-state index in [1.54, 1.807) is 20.8 Å². The Bertz CT molecular complexity index is 638. The zero-order valence-electron chi connectivity index (χ0n) is 16.3. The van der Waals surface area contributed by atoms with Crippen LogP contribution in [0.5, 0.6) is 0 Å². The SMILES string of the molecule is CC(C)(C)OC(=O)NCCO/N=C(/CCCCO)c1ccc(C(F)(F)F)cc1. The summed E-state index contributed by atoms with van der Waals surface area (Å²) in [6.45, 7) is 5.49. The van der Waals surface area contributed by atoms with Crippen LogP contribution in [0.3, 0.4) is 0 Å². The number of nitrogens with zero attached hydrogens (tertiary/aromatic N) is 1. The first-order valence-corrected chi connectivity index (χ1v) is 8.97. The van der Waals surface area contributed by atoms with Crippen LogP contribution in [0.25, 0.3) is 0 Å². The van der Waals surface area contributed by atoms with E-state index in [4.69, 9.17) is 14.7 Å². The fourth-order valence-corrected chi connectivity index (χ4v) is 2.14. The number of carbonyl (C=O) groups is 1. The zero-order valence-corrected chi connectivity index (χ0v) is 16.3. The summed E-state index contributed by atoms with van der Waals surface area (Å²) in [4.78, 5) is 16.7. The van der Waals surface area contributed by atoms with Gasteiger partial charge in [-0.1, -0.05) is 17.3 Å². The number of aliphatic hydroxyl groups is 1. The van der Waals surface area contributed by atoms with Gasteiger partial charge in [0.05, 0.1) is 17.8 Å². The van der Waals surface area contributed by atoms with Crippen molar-refractivity contribution in [1.29, 1.82) is 0 Å². The summed E-state index contributed by atoms with van der Waals surface area (Å²) >= 11 is 0. The Labute approximate surface area is 162 Å². The third-order valence-corrected chi connectivity index (χ3v) is 3.40. The molecule has 2 N–H and O–H groups in total. The van der Waals surface area contributed by atoms with Gasteiger partial charge in [-0.2, -0.15) is 13.2 Å². The van der Waals surface area contributed by atoms with Crippen molar-refractivity contribution in [3.8, 4) is 0 Å². The monoisotopic (exact) mass is 404 g/mol. The third kappa shape index (κ3) is 9.59. The predicted molar refractivity (Wildman–Crippen MR) is 99.1 cm³/mol. The van der Waals surface area contributed by atoms with Crippen molar-refractivity contribution in [2.75, 3.05) is 19.8 Å². The van der Waals surface area contributed by atoms with E-state index in [0.29, 0.717) is 30.5 Å². The van der Waals surface area contributed by atoms with Gasteiger partial charge in [0.1, 0.15) is 12.2 Å². The van der Waals surface area contributed by atoms with Crippen LogP contribution in [-0.2, 0) is 15.8 Å². The highest BCUT2D eigenvalue weighted by Gasteiger charge is 2.30. The van der Waals surface area contributed by atoms with E-state index in [2.05, 4.69) is 10.5 Å². The quantitative estimate of drug-likeness (QED) is 0.369. The van der Waals surface area contributed by atoms with E-state index in [-0.39, 0.29) is 19.8 Å². The van der Waals surface area contributed by atoms with Crippen molar-refractivity contribution in [2.24, 2.45) is 5.16 Å².